The highest BCUT2D eigenvalue weighted by Gasteiger charge is 2.37. The second kappa shape index (κ2) is 8.18. The summed E-state index contributed by atoms with van der Waals surface area (Å²) < 4.78 is 5.59. The summed E-state index contributed by atoms with van der Waals surface area (Å²) in [6.07, 6.45) is 1.46. The van der Waals surface area contributed by atoms with Gasteiger partial charge in [0.05, 0.1) is 28.8 Å². The van der Waals surface area contributed by atoms with Crippen molar-refractivity contribution in [3.05, 3.63) is 52.0 Å². The van der Waals surface area contributed by atoms with Crippen molar-refractivity contribution < 1.29 is 9.53 Å². The Bertz CT molecular complexity index is 1200. The van der Waals surface area contributed by atoms with E-state index in [0.29, 0.717) is 30.5 Å². The Morgan fingerprint density at radius 3 is 2.69 bits per heavy atom. The van der Waals surface area contributed by atoms with E-state index in [-0.39, 0.29) is 11.2 Å². The molecule has 1 aromatic carbocycles. The van der Waals surface area contributed by atoms with Crippen molar-refractivity contribution >= 4 is 39.4 Å². The molecule has 3 aromatic rings. The van der Waals surface area contributed by atoms with Crippen LogP contribution in [0.4, 0.5) is 10.7 Å². The van der Waals surface area contributed by atoms with E-state index in [2.05, 4.69) is 35.9 Å². The van der Waals surface area contributed by atoms with Crippen LogP contribution >= 0.6 is 22.9 Å². The third kappa shape index (κ3) is 3.91. The molecule has 2 N–H and O–H groups in total. The van der Waals surface area contributed by atoms with E-state index in [1.54, 1.807) is 17.4 Å². The van der Waals surface area contributed by atoms with E-state index in [4.69, 9.17) is 22.1 Å². The first-order valence-corrected chi connectivity index (χ1v) is 12.1. The maximum absolute atomic E-state index is 13.1. The first-order chi connectivity index (χ1) is 15.3. The standard InChI is InChI=1S/C25H26ClN3O2S/c1-25(2)13-17-22(24(29-8-10-31-11-9-29)32-23(17)20(30)14-25)15-6-7-18(27)16(12-15)19-4-3-5-21(26)28-19/h3-7,12H,8-11,13-14,27H2,1-2H3. The average Bonchev–Trinajstić information content (AvgIpc) is 3.13. The monoisotopic (exact) mass is 467 g/mol. The summed E-state index contributed by atoms with van der Waals surface area (Å²) in [4.78, 5) is 20.8. The maximum Gasteiger partial charge on any atom is 0.173 e. The third-order valence-corrected chi connectivity index (χ3v) is 7.71. The minimum Gasteiger partial charge on any atom is -0.398 e. The third-order valence-electron chi connectivity index (χ3n) is 6.17. The highest BCUT2D eigenvalue weighted by Crippen LogP contribution is 2.50. The summed E-state index contributed by atoms with van der Waals surface area (Å²) in [5.74, 6) is 0.245. The molecule has 0 amide bonds. The number of fused-ring (bicyclic) bond motifs is 1. The molecule has 5 nitrogen and oxygen atoms in total. The quantitative estimate of drug-likeness (QED) is 0.395. The fraction of sp³-hybridized carbons (Fsp3) is 0.360. The van der Waals surface area contributed by atoms with Crippen molar-refractivity contribution in [3.8, 4) is 22.4 Å². The first kappa shape index (κ1) is 21.4. The molecule has 5 rings (SSSR count). The summed E-state index contributed by atoms with van der Waals surface area (Å²) in [7, 11) is 0. The minimum atomic E-state index is -0.0622. The van der Waals surface area contributed by atoms with Gasteiger partial charge in [0, 0.05) is 36.3 Å². The normalized spacial score (nSPS) is 18.0. The number of halogens is 1. The van der Waals surface area contributed by atoms with Crippen LogP contribution in [0.25, 0.3) is 22.4 Å². The zero-order chi connectivity index (χ0) is 22.5. The number of pyridine rings is 1. The lowest BCUT2D eigenvalue weighted by Gasteiger charge is -2.30. The van der Waals surface area contributed by atoms with Crippen LogP contribution < -0.4 is 10.6 Å². The van der Waals surface area contributed by atoms with E-state index in [0.717, 1.165) is 57.3 Å². The van der Waals surface area contributed by atoms with Gasteiger partial charge in [-0.05, 0) is 47.2 Å². The second-order valence-electron chi connectivity index (χ2n) is 9.28. The van der Waals surface area contributed by atoms with Gasteiger partial charge >= 0.3 is 0 Å². The van der Waals surface area contributed by atoms with Gasteiger partial charge < -0.3 is 15.4 Å². The van der Waals surface area contributed by atoms with Gasteiger partial charge in [-0.1, -0.05) is 37.6 Å². The van der Waals surface area contributed by atoms with Crippen LogP contribution in [0.3, 0.4) is 0 Å². The lowest BCUT2D eigenvalue weighted by molar-refractivity contribution is 0.0918. The van der Waals surface area contributed by atoms with Crippen molar-refractivity contribution in [1.29, 1.82) is 0 Å². The van der Waals surface area contributed by atoms with Crippen molar-refractivity contribution in [1.82, 2.24) is 4.98 Å². The number of aromatic nitrogens is 1. The number of thiophene rings is 1. The van der Waals surface area contributed by atoms with Gasteiger partial charge in [-0.15, -0.1) is 11.3 Å². The van der Waals surface area contributed by atoms with Crippen molar-refractivity contribution in [2.75, 3.05) is 36.9 Å². The summed E-state index contributed by atoms with van der Waals surface area (Å²) in [5.41, 5.74) is 11.9. The SMILES string of the molecule is CC1(C)CC(=O)c2sc(N3CCOCC3)c(-c3ccc(N)c(-c4cccc(Cl)n4)c3)c2C1. The number of morpholine rings is 1. The van der Waals surface area contributed by atoms with Crippen LogP contribution in [0.15, 0.2) is 36.4 Å². The summed E-state index contributed by atoms with van der Waals surface area (Å²) in [6, 6.07) is 11.6. The summed E-state index contributed by atoms with van der Waals surface area (Å²) >= 11 is 7.78. The lowest BCUT2D eigenvalue weighted by Crippen LogP contribution is -2.36. The second-order valence-corrected chi connectivity index (χ2v) is 10.7. The fourth-order valence-electron chi connectivity index (χ4n) is 4.68. The van der Waals surface area contributed by atoms with Crippen LogP contribution in [-0.4, -0.2) is 37.1 Å². The molecule has 0 bridgehead atoms. The molecular weight excluding hydrogens is 442 g/mol. The van der Waals surface area contributed by atoms with Crippen LogP contribution in [0.1, 0.15) is 35.5 Å². The molecular formula is C25H26ClN3O2S. The number of carbonyl (C=O) groups is 1. The smallest absolute Gasteiger partial charge is 0.173 e. The number of hydrogen-bond acceptors (Lipinski definition) is 6. The first-order valence-electron chi connectivity index (χ1n) is 10.9. The predicted molar refractivity (Wildman–Crippen MR) is 132 cm³/mol. The number of benzene rings is 1. The van der Waals surface area contributed by atoms with Gasteiger partial charge in [-0.2, -0.15) is 0 Å². The summed E-state index contributed by atoms with van der Waals surface area (Å²) in [6.45, 7) is 7.38. The highest BCUT2D eigenvalue weighted by molar-refractivity contribution is 7.19. The Hall–Kier alpha value is -2.41. The molecule has 0 radical (unpaired) electrons. The molecule has 3 heterocycles. The van der Waals surface area contributed by atoms with Gasteiger partial charge in [0.25, 0.3) is 0 Å². The topological polar surface area (TPSA) is 68.5 Å². The van der Waals surface area contributed by atoms with Crippen molar-refractivity contribution in [2.24, 2.45) is 5.41 Å². The molecule has 166 valence electrons. The molecule has 0 atom stereocenters. The minimum absolute atomic E-state index is 0.0622. The zero-order valence-electron chi connectivity index (χ0n) is 18.3. The van der Waals surface area contributed by atoms with Crippen LogP contribution in [0, 0.1) is 5.41 Å². The average molecular weight is 468 g/mol. The van der Waals surface area contributed by atoms with Gasteiger partial charge in [-0.25, -0.2) is 4.98 Å². The number of carbonyl (C=O) groups excluding carboxylic acids is 1. The Morgan fingerprint density at radius 2 is 1.94 bits per heavy atom. The Morgan fingerprint density at radius 1 is 1.16 bits per heavy atom. The van der Waals surface area contributed by atoms with E-state index in [1.807, 2.05) is 18.2 Å². The molecule has 1 fully saturated rings. The van der Waals surface area contributed by atoms with E-state index in [1.165, 1.54) is 0 Å². The van der Waals surface area contributed by atoms with Crippen molar-refractivity contribution in [3.63, 3.8) is 0 Å². The largest absolute Gasteiger partial charge is 0.398 e. The molecule has 0 saturated carbocycles. The zero-order valence-corrected chi connectivity index (χ0v) is 19.9. The number of Topliss-reactive ketones (excluding diaryl/α,β-unsaturated/α-hetero) is 1. The maximum atomic E-state index is 13.1. The van der Waals surface area contributed by atoms with Crippen LogP contribution in [0.2, 0.25) is 5.15 Å². The van der Waals surface area contributed by atoms with Crippen LogP contribution in [0.5, 0.6) is 0 Å². The molecule has 1 saturated heterocycles. The molecule has 7 heteroatoms. The van der Waals surface area contributed by atoms with Gasteiger partial charge in [0.15, 0.2) is 5.78 Å². The fourth-order valence-corrected chi connectivity index (χ4v) is 6.18. The number of ether oxygens (including phenoxy) is 1. The van der Waals surface area contributed by atoms with E-state index in [9.17, 15) is 4.79 Å². The van der Waals surface area contributed by atoms with E-state index < -0.39 is 0 Å². The summed E-state index contributed by atoms with van der Waals surface area (Å²) in [5, 5.41) is 1.58. The molecule has 0 unspecified atom stereocenters. The molecule has 1 aliphatic carbocycles. The van der Waals surface area contributed by atoms with Gasteiger partial charge in [0.2, 0.25) is 0 Å². The van der Waals surface area contributed by atoms with Gasteiger partial charge in [-0.3, -0.25) is 4.79 Å². The lowest BCUT2D eigenvalue weighted by atomic mass is 9.75. The van der Waals surface area contributed by atoms with E-state index >= 15 is 0 Å². The van der Waals surface area contributed by atoms with Crippen LogP contribution in [-0.2, 0) is 11.2 Å². The number of ketones is 1. The van der Waals surface area contributed by atoms with Gasteiger partial charge in [0.1, 0.15) is 5.15 Å². The Balaban J connectivity index is 1.70. The molecule has 0 spiro atoms. The number of hydrogen-bond donors (Lipinski definition) is 1. The molecule has 1 aliphatic heterocycles. The molecule has 2 aromatic heterocycles. The number of rotatable bonds is 3. The molecule has 2 aliphatic rings. The Labute approximate surface area is 197 Å². The molecule has 32 heavy (non-hydrogen) atoms. The van der Waals surface area contributed by atoms with Crippen molar-refractivity contribution in [2.45, 2.75) is 26.7 Å². The predicted octanol–water partition coefficient (Wildman–Crippen LogP) is 5.70. The number of nitrogen functional groups attached to an aromatic ring is 1. The number of nitrogens with zero attached hydrogens (tertiary/aromatic N) is 2. The number of nitrogens with two attached hydrogens (primary N) is 1. The number of anilines is 2. The highest BCUT2D eigenvalue weighted by atomic mass is 35.5. The Kier molecular flexibility index (Phi) is 5.48.